The van der Waals surface area contributed by atoms with Crippen LogP contribution < -0.4 is 5.32 Å². The molecule has 1 rings (SSSR count). The summed E-state index contributed by atoms with van der Waals surface area (Å²) in [5.41, 5.74) is 0.458. The lowest BCUT2D eigenvalue weighted by molar-refractivity contribution is 0.259. The molecule has 0 saturated heterocycles. The molecule has 1 atom stereocenters. The molecule has 0 spiro atoms. The highest BCUT2D eigenvalue weighted by molar-refractivity contribution is 7.11. The van der Waals surface area contributed by atoms with E-state index in [9.17, 15) is 0 Å². The highest BCUT2D eigenvalue weighted by Gasteiger charge is 2.22. The number of nitrogens with one attached hydrogen (secondary N) is 1. The van der Waals surface area contributed by atoms with Gasteiger partial charge in [-0.15, -0.1) is 21.5 Å². The lowest BCUT2D eigenvalue weighted by Gasteiger charge is -2.26. The molecule has 0 aromatic carbocycles. The number of rotatable bonds is 4. The Labute approximate surface area is 115 Å². The van der Waals surface area contributed by atoms with Crippen molar-refractivity contribution in [1.82, 2.24) is 15.5 Å². The third kappa shape index (κ3) is 5.44. The van der Waals surface area contributed by atoms with Crippen molar-refractivity contribution in [2.75, 3.05) is 0 Å². The second-order valence-electron chi connectivity index (χ2n) is 7.16. The van der Waals surface area contributed by atoms with Gasteiger partial charge >= 0.3 is 0 Å². The Kier molecular flexibility index (Phi) is 4.90. The summed E-state index contributed by atoms with van der Waals surface area (Å²) in [6.07, 6.45) is 1.02. The highest BCUT2D eigenvalue weighted by atomic mass is 32.1. The molecule has 1 heterocycles. The topological polar surface area (TPSA) is 37.8 Å². The average molecular weight is 269 g/mol. The van der Waals surface area contributed by atoms with E-state index in [1.54, 1.807) is 11.3 Å². The molecule has 0 bridgehead atoms. The van der Waals surface area contributed by atoms with Crippen molar-refractivity contribution in [2.24, 2.45) is 11.3 Å². The molecule has 0 aliphatic carbocycles. The first kappa shape index (κ1) is 15.6. The van der Waals surface area contributed by atoms with Crippen LogP contribution in [0, 0.1) is 11.3 Å². The van der Waals surface area contributed by atoms with Crippen molar-refractivity contribution in [1.29, 1.82) is 0 Å². The molecular formula is C14H27N3S. The summed E-state index contributed by atoms with van der Waals surface area (Å²) in [4.78, 5) is 0. The summed E-state index contributed by atoms with van der Waals surface area (Å²) >= 11 is 1.73. The SMILES string of the molecule is CC(Cc1nnc(CNC(C)(C)C)s1)C(C)(C)C. The van der Waals surface area contributed by atoms with Crippen LogP contribution in [-0.4, -0.2) is 15.7 Å². The summed E-state index contributed by atoms with van der Waals surface area (Å²) in [7, 11) is 0. The van der Waals surface area contributed by atoms with Crippen molar-refractivity contribution in [3.63, 3.8) is 0 Å². The molecule has 0 radical (unpaired) electrons. The molecule has 0 saturated carbocycles. The van der Waals surface area contributed by atoms with Crippen LogP contribution in [0.15, 0.2) is 0 Å². The first-order chi connectivity index (χ1) is 8.08. The first-order valence-corrected chi connectivity index (χ1v) is 7.46. The van der Waals surface area contributed by atoms with E-state index in [1.807, 2.05) is 0 Å². The van der Waals surface area contributed by atoms with E-state index in [-0.39, 0.29) is 5.54 Å². The van der Waals surface area contributed by atoms with Gasteiger partial charge in [0.2, 0.25) is 0 Å². The first-order valence-electron chi connectivity index (χ1n) is 6.64. The summed E-state index contributed by atoms with van der Waals surface area (Å²) < 4.78 is 0. The molecule has 0 aliphatic heterocycles. The van der Waals surface area contributed by atoms with Crippen LogP contribution in [0.1, 0.15) is 58.5 Å². The molecule has 3 nitrogen and oxygen atoms in total. The van der Waals surface area contributed by atoms with Crippen molar-refractivity contribution >= 4 is 11.3 Å². The van der Waals surface area contributed by atoms with Crippen LogP contribution in [0.2, 0.25) is 0 Å². The fraction of sp³-hybridized carbons (Fsp3) is 0.857. The smallest absolute Gasteiger partial charge is 0.131 e. The number of hydrogen-bond donors (Lipinski definition) is 1. The van der Waals surface area contributed by atoms with E-state index in [0.717, 1.165) is 23.0 Å². The van der Waals surface area contributed by atoms with Gasteiger partial charge in [-0.25, -0.2) is 0 Å². The van der Waals surface area contributed by atoms with Gasteiger partial charge in [0.1, 0.15) is 10.0 Å². The molecule has 0 aliphatic rings. The van der Waals surface area contributed by atoms with Crippen LogP contribution >= 0.6 is 11.3 Å². The molecule has 1 N–H and O–H groups in total. The normalized spacial score (nSPS) is 14.8. The van der Waals surface area contributed by atoms with Gasteiger partial charge in [0, 0.05) is 12.0 Å². The molecule has 1 aromatic rings. The van der Waals surface area contributed by atoms with Gasteiger partial charge in [0.05, 0.1) is 6.54 Å². The second-order valence-corrected chi connectivity index (χ2v) is 8.31. The summed E-state index contributed by atoms with van der Waals surface area (Å²) in [6, 6.07) is 0. The summed E-state index contributed by atoms with van der Waals surface area (Å²) in [5, 5.41) is 14.2. The molecule has 1 unspecified atom stereocenters. The van der Waals surface area contributed by atoms with Gasteiger partial charge in [0.15, 0.2) is 0 Å². The van der Waals surface area contributed by atoms with Gasteiger partial charge in [-0.3, -0.25) is 0 Å². The second kappa shape index (κ2) is 5.66. The quantitative estimate of drug-likeness (QED) is 0.906. The zero-order chi connectivity index (χ0) is 14.0. The maximum atomic E-state index is 4.30. The Morgan fingerprint density at radius 2 is 1.61 bits per heavy atom. The zero-order valence-electron chi connectivity index (χ0n) is 12.8. The number of nitrogens with zero attached hydrogens (tertiary/aromatic N) is 2. The lowest BCUT2D eigenvalue weighted by Crippen LogP contribution is -2.35. The Hall–Kier alpha value is -0.480. The van der Waals surface area contributed by atoms with E-state index in [2.05, 4.69) is 64.0 Å². The maximum absolute atomic E-state index is 4.30. The number of aromatic nitrogens is 2. The maximum Gasteiger partial charge on any atom is 0.131 e. The zero-order valence-corrected chi connectivity index (χ0v) is 13.6. The minimum absolute atomic E-state index is 0.129. The van der Waals surface area contributed by atoms with Crippen LogP contribution in [-0.2, 0) is 13.0 Å². The minimum Gasteiger partial charge on any atom is -0.306 e. The molecule has 1 aromatic heterocycles. The van der Waals surface area contributed by atoms with Crippen molar-refractivity contribution in [3.8, 4) is 0 Å². The van der Waals surface area contributed by atoms with E-state index in [1.165, 1.54) is 0 Å². The lowest BCUT2D eigenvalue weighted by atomic mass is 9.80. The summed E-state index contributed by atoms with van der Waals surface area (Å²) in [6.45, 7) is 16.4. The van der Waals surface area contributed by atoms with Crippen LogP contribution in [0.5, 0.6) is 0 Å². The predicted octanol–water partition coefficient (Wildman–Crippen LogP) is 3.65. The predicted molar refractivity (Wildman–Crippen MR) is 78.8 cm³/mol. The van der Waals surface area contributed by atoms with Gasteiger partial charge < -0.3 is 5.32 Å². The van der Waals surface area contributed by atoms with Crippen LogP contribution in [0.25, 0.3) is 0 Å². The van der Waals surface area contributed by atoms with E-state index in [4.69, 9.17) is 0 Å². The van der Waals surface area contributed by atoms with E-state index < -0.39 is 0 Å². The molecular weight excluding hydrogens is 242 g/mol. The van der Waals surface area contributed by atoms with Crippen molar-refractivity contribution < 1.29 is 0 Å². The molecule has 104 valence electrons. The van der Waals surface area contributed by atoms with Gasteiger partial charge in [0.25, 0.3) is 0 Å². The third-order valence-corrected chi connectivity index (χ3v) is 4.18. The Bertz CT molecular complexity index is 371. The van der Waals surface area contributed by atoms with Gasteiger partial charge in [-0.2, -0.15) is 0 Å². The highest BCUT2D eigenvalue weighted by Crippen LogP contribution is 2.29. The van der Waals surface area contributed by atoms with Crippen LogP contribution in [0.4, 0.5) is 0 Å². The monoisotopic (exact) mass is 269 g/mol. The molecule has 4 heteroatoms. The Morgan fingerprint density at radius 1 is 1.06 bits per heavy atom. The van der Waals surface area contributed by atoms with E-state index >= 15 is 0 Å². The Balaban J connectivity index is 2.54. The van der Waals surface area contributed by atoms with Crippen molar-refractivity contribution in [3.05, 3.63) is 10.0 Å². The Morgan fingerprint density at radius 3 is 2.11 bits per heavy atom. The standard InChI is InChI=1S/C14H27N3S/c1-10(13(2,3)4)8-11-16-17-12(18-11)9-15-14(5,6)7/h10,15H,8-9H2,1-7H3. The minimum atomic E-state index is 0.129. The summed E-state index contributed by atoms with van der Waals surface area (Å²) in [5.74, 6) is 0.619. The fourth-order valence-electron chi connectivity index (χ4n) is 1.35. The van der Waals surface area contributed by atoms with Gasteiger partial charge in [-0.05, 0) is 32.1 Å². The molecule has 0 amide bonds. The third-order valence-electron chi connectivity index (χ3n) is 3.24. The van der Waals surface area contributed by atoms with Crippen molar-refractivity contribution in [2.45, 2.75) is 67.0 Å². The van der Waals surface area contributed by atoms with Crippen LogP contribution in [0.3, 0.4) is 0 Å². The number of hydrogen-bond acceptors (Lipinski definition) is 4. The van der Waals surface area contributed by atoms with E-state index in [0.29, 0.717) is 11.3 Å². The van der Waals surface area contributed by atoms with Gasteiger partial charge in [-0.1, -0.05) is 27.7 Å². The fourth-order valence-corrected chi connectivity index (χ4v) is 2.26. The molecule has 18 heavy (non-hydrogen) atoms. The average Bonchev–Trinajstić information content (AvgIpc) is 2.60. The largest absolute Gasteiger partial charge is 0.306 e. The molecule has 0 fully saturated rings.